The van der Waals surface area contributed by atoms with E-state index >= 15 is 0 Å². The SMILES string of the molecule is C1=C2OCCCC2Nc2ncccc21. The minimum Gasteiger partial charge on any atom is -0.496 e. The molecular formula is C11H12N2O. The highest BCUT2D eigenvalue weighted by Crippen LogP contribution is 2.29. The van der Waals surface area contributed by atoms with E-state index in [4.69, 9.17) is 4.74 Å². The van der Waals surface area contributed by atoms with E-state index in [0.717, 1.165) is 36.6 Å². The number of ether oxygens (including phenoxy) is 1. The van der Waals surface area contributed by atoms with E-state index < -0.39 is 0 Å². The molecule has 1 aromatic heterocycles. The molecule has 0 amide bonds. The van der Waals surface area contributed by atoms with E-state index in [9.17, 15) is 0 Å². The van der Waals surface area contributed by atoms with Crippen molar-refractivity contribution in [3.8, 4) is 0 Å². The average Bonchev–Trinajstić information content (AvgIpc) is 2.26. The van der Waals surface area contributed by atoms with E-state index in [0.29, 0.717) is 6.04 Å². The minimum atomic E-state index is 0.339. The third-order valence-corrected chi connectivity index (χ3v) is 2.70. The van der Waals surface area contributed by atoms with Gasteiger partial charge in [0.15, 0.2) is 0 Å². The van der Waals surface area contributed by atoms with Crippen molar-refractivity contribution in [2.45, 2.75) is 18.9 Å². The van der Waals surface area contributed by atoms with Crippen LogP contribution in [0.15, 0.2) is 24.1 Å². The second-order valence-corrected chi connectivity index (χ2v) is 3.68. The molecule has 1 N–H and O–H groups in total. The first kappa shape index (κ1) is 7.85. The minimum absolute atomic E-state index is 0.339. The maximum absolute atomic E-state index is 5.61. The van der Waals surface area contributed by atoms with Gasteiger partial charge in [-0.2, -0.15) is 0 Å². The number of rotatable bonds is 0. The molecule has 2 aliphatic heterocycles. The van der Waals surface area contributed by atoms with E-state index in [1.807, 2.05) is 12.3 Å². The van der Waals surface area contributed by atoms with Crippen LogP contribution >= 0.6 is 0 Å². The summed E-state index contributed by atoms with van der Waals surface area (Å²) in [6, 6.07) is 4.34. The van der Waals surface area contributed by atoms with Crippen LogP contribution < -0.4 is 5.32 Å². The Morgan fingerprint density at radius 1 is 1.50 bits per heavy atom. The van der Waals surface area contributed by atoms with Crippen molar-refractivity contribution in [3.63, 3.8) is 0 Å². The third kappa shape index (κ3) is 1.16. The largest absolute Gasteiger partial charge is 0.496 e. The highest BCUT2D eigenvalue weighted by atomic mass is 16.5. The lowest BCUT2D eigenvalue weighted by atomic mass is 10.0. The summed E-state index contributed by atoms with van der Waals surface area (Å²) in [7, 11) is 0. The van der Waals surface area contributed by atoms with Crippen molar-refractivity contribution >= 4 is 11.9 Å². The number of pyridine rings is 1. The van der Waals surface area contributed by atoms with Crippen molar-refractivity contribution in [1.82, 2.24) is 4.98 Å². The molecule has 0 aromatic carbocycles. The summed E-state index contributed by atoms with van der Waals surface area (Å²) in [4.78, 5) is 4.30. The van der Waals surface area contributed by atoms with Crippen molar-refractivity contribution in [3.05, 3.63) is 29.7 Å². The van der Waals surface area contributed by atoms with Gasteiger partial charge in [-0.05, 0) is 31.1 Å². The normalized spacial score (nSPS) is 23.7. The predicted molar refractivity (Wildman–Crippen MR) is 54.8 cm³/mol. The van der Waals surface area contributed by atoms with Gasteiger partial charge >= 0.3 is 0 Å². The number of hydrogen-bond donors (Lipinski definition) is 1. The Hall–Kier alpha value is -1.51. The summed E-state index contributed by atoms with van der Waals surface area (Å²) >= 11 is 0. The van der Waals surface area contributed by atoms with E-state index in [-0.39, 0.29) is 0 Å². The van der Waals surface area contributed by atoms with Crippen LogP contribution in [0.1, 0.15) is 18.4 Å². The summed E-state index contributed by atoms with van der Waals surface area (Å²) in [6.45, 7) is 0.847. The molecule has 0 spiro atoms. The molecule has 3 heterocycles. The fourth-order valence-corrected chi connectivity index (χ4v) is 1.98. The van der Waals surface area contributed by atoms with Gasteiger partial charge in [-0.25, -0.2) is 4.98 Å². The Morgan fingerprint density at radius 2 is 2.50 bits per heavy atom. The zero-order chi connectivity index (χ0) is 9.38. The molecular weight excluding hydrogens is 176 g/mol. The Morgan fingerprint density at radius 3 is 3.50 bits per heavy atom. The molecule has 14 heavy (non-hydrogen) atoms. The van der Waals surface area contributed by atoms with Gasteiger partial charge in [0.25, 0.3) is 0 Å². The average molecular weight is 188 g/mol. The van der Waals surface area contributed by atoms with Gasteiger partial charge in [0, 0.05) is 11.8 Å². The zero-order valence-corrected chi connectivity index (χ0v) is 7.86. The Bertz CT molecular complexity index is 387. The highest BCUT2D eigenvalue weighted by molar-refractivity contribution is 5.69. The third-order valence-electron chi connectivity index (χ3n) is 2.70. The highest BCUT2D eigenvalue weighted by Gasteiger charge is 2.25. The molecule has 3 rings (SSSR count). The topological polar surface area (TPSA) is 34.1 Å². The second-order valence-electron chi connectivity index (χ2n) is 3.68. The van der Waals surface area contributed by atoms with E-state index in [2.05, 4.69) is 22.4 Å². The fraction of sp³-hybridized carbons (Fsp3) is 0.364. The van der Waals surface area contributed by atoms with Crippen molar-refractivity contribution in [2.75, 3.05) is 11.9 Å². The maximum Gasteiger partial charge on any atom is 0.133 e. The van der Waals surface area contributed by atoms with E-state index in [1.165, 1.54) is 0 Å². The monoisotopic (exact) mass is 188 g/mol. The summed E-state index contributed by atoms with van der Waals surface area (Å²) in [5.74, 6) is 2.04. The van der Waals surface area contributed by atoms with Crippen LogP contribution in [-0.4, -0.2) is 17.6 Å². The summed E-state index contributed by atoms with van der Waals surface area (Å²) in [5, 5.41) is 3.39. The molecule has 1 saturated heterocycles. The van der Waals surface area contributed by atoms with Gasteiger partial charge < -0.3 is 10.1 Å². The standard InChI is InChI=1S/C11H12N2O/c1-3-8-7-10-9(4-2-6-14-10)13-11(8)12-5-1/h1,3,5,7,9H,2,4,6H2,(H,12,13). The summed E-state index contributed by atoms with van der Waals surface area (Å²) in [5.41, 5.74) is 1.13. The van der Waals surface area contributed by atoms with Crippen LogP contribution in [0.3, 0.4) is 0 Å². The Kier molecular flexibility index (Phi) is 1.69. The van der Waals surface area contributed by atoms with Crippen LogP contribution in [0, 0.1) is 0 Å². The lowest BCUT2D eigenvalue weighted by Crippen LogP contribution is -2.31. The molecule has 1 atom stereocenters. The van der Waals surface area contributed by atoms with Gasteiger partial charge in [-0.1, -0.05) is 0 Å². The number of anilines is 1. The van der Waals surface area contributed by atoms with Gasteiger partial charge in [-0.15, -0.1) is 0 Å². The first-order valence-electron chi connectivity index (χ1n) is 4.99. The van der Waals surface area contributed by atoms with Crippen molar-refractivity contribution in [1.29, 1.82) is 0 Å². The molecule has 72 valence electrons. The van der Waals surface area contributed by atoms with Crippen LogP contribution in [-0.2, 0) is 4.74 Å². The quantitative estimate of drug-likeness (QED) is 0.676. The molecule has 1 fully saturated rings. The number of fused-ring (bicyclic) bond motifs is 2. The predicted octanol–water partition coefficient (Wildman–Crippen LogP) is 2.03. The zero-order valence-electron chi connectivity index (χ0n) is 7.86. The Balaban J connectivity index is 2.03. The molecule has 0 radical (unpaired) electrons. The molecule has 1 unspecified atom stereocenters. The van der Waals surface area contributed by atoms with Gasteiger partial charge in [0.1, 0.15) is 11.6 Å². The molecule has 3 heteroatoms. The Labute approximate surface area is 82.8 Å². The second kappa shape index (κ2) is 3.01. The molecule has 0 bridgehead atoms. The molecule has 2 aliphatic rings. The van der Waals surface area contributed by atoms with E-state index in [1.54, 1.807) is 0 Å². The lowest BCUT2D eigenvalue weighted by molar-refractivity contribution is 0.160. The first-order valence-corrected chi connectivity index (χ1v) is 4.99. The number of aromatic nitrogens is 1. The fourth-order valence-electron chi connectivity index (χ4n) is 1.98. The number of hydrogen-bond acceptors (Lipinski definition) is 3. The molecule has 0 aliphatic carbocycles. The number of nitrogens with one attached hydrogen (secondary N) is 1. The number of nitrogens with zero attached hydrogens (tertiary/aromatic N) is 1. The lowest BCUT2D eigenvalue weighted by Gasteiger charge is -2.30. The van der Waals surface area contributed by atoms with Crippen LogP contribution in [0.2, 0.25) is 0 Å². The molecule has 3 nitrogen and oxygen atoms in total. The molecule has 1 aromatic rings. The van der Waals surface area contributed by atoms with Crippen LogP contribution in [0.4, 0.5) is 5.82 Å². The smallest absolute Gasteiger partial charge is 0.133 e. The first-order chi connectivity index (χ1) is 6.93. The molecule has 0 saturated carbocycles. The van der Waals surface area contributed by atoms with Gasteiger partial charge in [-0.3, -0.25) is 0 Å². The van der Waals surface area contributed by atoms with Gasteiger partial charge in [0.2, 0.25) is 0 Å². The summed E-state index contributed by atoms with van der Waals surface area (Å²) < 4.78 is 5.61. The van der Waals surface area contributed by atoms with Crippen molar-refractivity contribution < 1.29 is 4.74 Å². The van der Waals surface area contributed by atoms with Crippen LogP contribution in [0.25, 0.3) is 6.08 Å². The summed E-state index contributed by atoms with van der Waals surface area (Å²) in [6.07, 6.45) is 6.18. The van der Waals surface area contributed by atoms with Gasteiger partial charge in [0.05, 0.1) is 12.6 Å². The maximum atomic E-state index is 5.61. The van der Waals surface area contributed by atoms with Crippen molar-refractivity contribution in [2.24, 2.45) is 0 Å². The van der Waals surface area contributed by atoms with Crippen LogP contribution in [0.5, 0.6) is 0 Å².